The Morgan fingerprint density at radius 1 is 1.22 bits per heavy atom. The molecular formula is C25H29N9O2. The van der Waals surface area contributed by atoms with Gasteiger partial charge in [-0.05, 0) is 50.2 Å². The Balaban J connectivity index is 1.51. The smallest absolute Gasteiger partial charge is 0.269 e. The third-order valence-corrected chi connectivity index (χ3v) is 6.96. The Bertz CT molecular complexity index is 1450. The van der Waals surface area contributed by atoms with Crippen molar-refractivity contribution in [2.75, 3.05) is 24.3 Å². The van der Waals surface area contributed by atoms with Crippen LogP contribution in [0, 0.1) is 12.8 Å². The predicted octanol–water partition coefficient (Wildman–Crippen LogP) is 2.87. The molecule has 0 spiro atoms. The topological polar surface area (TPSA) is 163 Å². The standard InChI is InChI=1S/C25H29N9O2/c1-13-2-5-18-16(10-28-32-18)19(13)21-20(26)22(23(27)35)31-24(30-21)17-12-34(11-14-3-4-14)33-25(17)29-15-6-8-36-9-7-15/h2,5,10,12,14-15H,3-4,6-9,11,26H2,1H3,(H2,27,35)(H,28,32)(H,29,33). The van der Waals surface area contributed by atoms with Crippen molar-refractivity contribution in [3.05, 3.63) is 35.8 Å². The number of hydrogen-bond donors (Lipinski definition) is 4. The summed E-state index contributed by atoms with van der Waals surface area (Å²) in [6.07, 6.45) is 7.87. The number of fused-ring (bicyclic) bond motifs is 1. The molecule has 6 rings (SSSR count). The van der Waals surface area contributed by atoms with Crippen LogP contribution in [0.4, 0.5) is 11.5 Å². The number of nitrogens with one attached hydrogen (secondary N) is 2. The minimum Gasteiger partial charge on any atom is -0.395 e. The number of amides is 1. The van der Waals surface area contributed by atoms with Gasteiger partial charge < -0.3 is 21.5 Å². The van der Waals surface area contributed by atoms with Crippen LogP contribution in [0.1, 0.15) is 41.7 Å². The van der Waals surface area contributed by atoms with Crippen LogP contribution in [-0.4, -0.2) is 55.1 Å². The zero-order chi connectivity index (χ0) is 24.8. The van der Waals surface area contributed by atoms with E-state index in [1.807, 2.05) is 29.9 Å². The van der Waals surface area contributed by atoms with E-state index in [0.717, 1.165) is 41.4 Å². The molecule has 1 aliphatic carbocycles. The summed E-state index contributed by atoms with van der Waals surface area (Å²) < 4.78 is 7.46. The van der Waals surface area contributed by atoms with Crippen molar-refractivity contribution >= 4 is 28.3 Å². The monoisotopic (exact) mass is 487 g/mol. The van der Waals surface area contributed by atoms with Crippen LogP contribution in [0.25, 0.3) is 33.5 Å². The van der Waals surface area contributed by atoms with E-state index in [0.29, 0.717) is 42.0 Å². The van der Waals surface area contributed by atoms with Crippen molar-refractivity contribution < 1.29 is 9.53 Å². The highest BCUT2D eigenvalue weighted by molar-refractivity contribution is 6.04. The van der Waals surface area contributed by atoms with Crippen molar-refractivity contribution in [2.45, 2.75) is 45.2 Å². The van der Waals surface area contributed by atoms with Crippen LogP contribution in [0.5, 0.6) is 0 Å². The lowest BCUT2D eigenvalue weighted by Crippen LogP contribution is -2.28. The maximum atomic E-state index is 12.4. The van der Waals surface area contributed by atoms with Crippen molar-refractivity contribution in [2.24, 2.45) is 11.7 Å². The number of primary amides is 1. The summed E-state index contributed by atoms with van der Waals surface area (Å²) in [6.45, 7) is 4.22. The van der Waals surface area contributed by atoms with Gasteiger partial charge in [-0.15, -0.1) is 0 Å². The van der Waals surface area contributed by atoms with Gasteiger partial charge in [-0.3, -0.25) is 14.6 Å². The van der Waals surface area contributed by atoms with Gasteiger partial charge in [0.2, 0.25) is 0 Å². The summed E-state index contributed by atoms with van der Waals surface area (Å²) in [4.78, 5) is 21.9. The number of aromatic amines is 1. The van der Waals surface area contributed by atoms with Crippen LogP contribution in [0.2, 0.25) is 0 Å². The van der Waals surface area contributed by atoms with E-state index in [-0.39, 0.29) is 17.4 Å². The number of aryl methyl sites for hydroxylation is 1. The largest absolute Gasteiger partial charge is 0.395 e. The number of aromatic nitrogens is 6. The summed E-state index contributed by atoms with van der Waals surface area (Å²) >= 11 is 0. The first kappa shape index (κ1) is 22.5. The van der Waals surface area contributed by atoms with Gasteiger partial charge >= 0.3 is 0 Å². The van der Waals surface area contributed by atoms with Gasteiger partial charge in [0, 0.05) is 42.9 Å². The third kappa shape index (κ3) is 4.15. The lowest BCUT2D eigenvalue weighted by molar-refractivity contribution is 0.0903. The molecule has 11 nitrogen and oxygen atoms in total. The Hall–Kier alpha value is -3.99. The van der Waals surface area contributed by atoms with Gasteiger partial charge in [-0.2, -0.15) is 10.2 Å². The van der Waals surface area contributed by atoms with E-state index in [2.05, 4.69) is 20.5 Å². The molecule has 6 N–H and O–H groups in total. The lowest BCUT2D eigenvalue weighted by atomic mass is 9.99. The number of ether oxygens (including phenoxy) is 1. The molecule has 1 saturated heterocycles. The summed E-state index contributed by atoms with van der Waals surface area (Å²) in [7, 11) is 0. The van der Waals surface area contributed by atoms with Crippen molar-refractivity contribution in [3.63, 3.8) is 0 Å². The molecule has 0 radical (unpaired) electrons. The average Bonchev–Trinajstić information content (AvgIpc) is 3.40. The van der Waals surface area contributed by atoms with Crippen molar-refractivity contribution in [1.29, 1.82) is 0 Å². The molecule has 0 bridgehead atoms. The first-order valence-corrected chi connectivity index (χ1v) is 12.3. The minimum atomic E-state index is -0.710. The highest BCUT2D eigenvalue weighted by Gasteiger charge is 2.27. The summed E-state index contributed by atoms with van der Waals surface area (Å²) in [6, 6.07) is 4.14. The van der Waals surface area contributed by atoms with Crippen molar-refractivity contribution in [3.8, 4) is 22.6 Å². The first-order valence-electron chi connectivity index (χ1n) is 12.3. The number of benzene rings is 1. The van der Waals surface area contributed by atoms with Crippen molar-refractivity contribution in [1.82, 2.24) is 29.9 Å². The number of rotatable bonds is 7. The average molecular weight is 488 g/mol. The Labute approximate surface area is 207 Å². The Morgan fingerprint density at radius 3 is 2.78 bits per heavy atom. The summed E-state index contributed by atoms with van der Waals surface area (Å²) in [5.74, 6) is 0.967. The second kappa shape index (κ2) is 8.90. The lowest BCUT2D eigenvalue weighted by Gasteiger charge is -2.23. The van der Waals surface area contributed by atoms with E-state index in [1.165, 1.54) is 12.8 Å². The number of hydrogen-bond acceptors (Lipinski definition) is 8. The fourth-order valence-electron chi connectivity index (χ4n) is 4.79. The summed E-state index contributed by atoms with van der Waals surface area (Å²) in [5.41, 5.74) is 16.0. The molecule has 4 heterocycles. The van der Waals surface area contributed by atoms with E-state index in [4.69, 9.17) is 26.3 Å². The second-order valence-corrected chi connectivity index (χ2v) is 9.70. The highest BCUT2D eigenvalue weighted by Crippen LogP contribution is 2.37. The highest BCUT2D eigenvalue weighted by atomic mass is 16.5. The van der Waals surface area contributed by atoms with Crippen LogP contribution in [-0.2, 0) is 11.3 Å². The molecule has 186 valence electrons. The van der Waals surface area contributed by atoms with Gasteiger partial charge in [0.25, 0.3) is 5.91 Å². The maximum Gasteiger partial charge on any atom is 0.269 e. The van der Waals surface area contributed by atoms with Gasteiger partial charge in [-0.1, -0.05) is 6.07 Å². The number of H-pyrrole nitrogens is 1. The quantitative estimate of drug-likeness (QED) is 0.309. The van der Waals surface area contributed by atoms with E-state index < -0.39 is 5.91 Å². The first-order chi connectivity index (χ1) is 17.5. The van der Waals surface area contributed by atoms with E-state index >= 15 is 0 Å². The molecule has 3 aromatic heterocycles. The molecule has 2 fully saturated rings. The van der Waals surface area contributed by atoms with Crippen LogP contribution in [0.15, 0.2) is 24.5 Å². The van der Waals surface area contributed by atoms with Crippen LogP contribution in [0.3, 0.4) is 0 Å². The fraction of sp³-hybridized carbons (Fsp3) is 0.400. The zero-order valence-electron chi connectivity index (χ0n) is 20.1. The third-order valence-electron chi connectivity index (χ3n) is 6.96. The van der Waals surface area contributed by atoms with Gasteiger partial charge in [0.15, 0.2) is 17.3 Å². The molecule has 4 aromatic rings. The minimum absolute atomic E-state index is 0.0122. The van der Waals surface area contributed by atoms with Gasteiger partial charge in [0.05, 0.1) is 28.7 Å². The molecule has 36 heavy (non-hydrogen) atoms. The number of nitrogens with zero attached hydrogens (tertiary/aromatic N) is 5. The molecule has 1 aliphatic heterocycles. The number of nitrogen functional groups attached to an aromatic ring is 1. The maximum absolute atomic E-state index is 12.4. The number of carbonyl (C=O) groups is 1. The van der Waals surface area contributed by atoms with E-state index in [1.54, 1.807) is 6.20 Å². The van der Waals surface area contributed by atoms with Crippen LogP contribution < -0.4 is 16.8 Å². The van der Waals surface area contributed by atoms with Crippen LogP contribution >= 0.6 is 0 Å². The van der Waals surface area contributed by atoms with Gasteiger partial charge in [0.1, 0.15) is 0 Å². The Kier molecular flexibility index (Phi) is 5.56. The molecule has 1 aromatic carbocycles. The SMILES string of the molecule is Cc1ccc2[nH]ncc2c1-c1nc(-c2cn(CC3CC3)nc2NC2CCOCC2)nc(C(N)=O)c1N. The molecular weight excluding hydrogens is 458 g/mol. The fourth-order valence-corrected chi connectivity index (χ4v) is 4.79. The molecule has 1 saturated carbocycles. The molecule has 2 aliphatic rings. The molecule has 1 amide bonds. The number of carbonyl (C=O) groups excluding carboxylic acids is 1. The molecule has 0 atom stereocenters. The summed E-state index contributed by atoms with van der Waals surface area (Å²) in [5, 5.41) is 16.4. The predicted molar refractivity (Wildman–Crippen MR) is 136 cm³/mol. The van der Waals surface area contributed by atoms with Gasteiger partial charge in [-0.25, -0.2) is 9.97 Å². The number of nitrogens with two attached hydrogens (primary N) is 2. The Morgan fingerprint density at radius 2 is 2.03 bits per heavy atom. The second-order valence-electron chi connectivity index (χ2n) is 9.70. The normalized spacial score (nSPS) is 16.5. The molecule has 11 heteroatoms. The number of anilines is 2. The molecule has 0 unspecified atom stereocenters. The zero-order valence-corrected chi connectivity index (χ0v) is 20.1. The van der Waals surface area contributed by atoms with E-state index in [9.17, 15) is 4.79 Å².